The number of carbonyl (C=O) groups excluding carboxylic acids is 1. The summed E-state index contributed by atoms with van der Waals surface area (Å²) in [7, 11) is 1.66. The molecule has 1 aliphatic carbocycles. The summed E-state index contributed by atoms with van der Waals surface area (Å²) in [4.78, 5) is 15.4. The van der Waals surface area contributed by atoms with Crippen molar-refractivity contribution in [3.63, 3.8) is 0 Å². The molecule has 4 nitrogen and oxygen atoms in total. The molecule has 1 unspecified atom stereocenters. The molecule has 1 atom stereocenters. The fourth-order valence-electron chi connectivity index (χ4n) is 4.12. The van der Waals surface area contributed by atoms with E-state index in [-0.39, 0.29) is 12.0 Å². The van der Waals surface area contributed by atoms with Crippen molar-refractivity contribution in [2.45, 2.75) is 71.6 Å². The number of nitrogens with zero attached hydrogens (tertiary/aromatic N) is 1. The smallest absolute Gasteiger partial charge is 0.226 e. The topological polar surface area (TPSA) is 38.8 Å². The van der Waals surface area contributed by atoms with Gasteiger partial charge < -0.3 is 14.4 Å². The van der Waals surface area contributed by atoms with Crippen molar-refractivity contribution >= 4 is 5.91 Å². The highest BCUT2D eigenvalue weighted by Gasteiger charge is 2.28. The summed E-state index contributed by atoms with van der Waals surface area (Å²) in [5, 5.41) is 0. The first kappa shape index (κ1) is 22.2. The maximum atomic E-state index is 13.3. The second-order valence-corrected chi connectivity index (χ2v) is 8.32. The molecule has 0 heterocycles. The summed E-state index contributed by atoms with van der Waals surface area (Å²) in [5.74, 6) is 1.92. The third-order valence-electron chi connectivity index (χ3n) is 6.18. The van der Waals surface area contributed by atoms with Crippen molar-refractivity contribution in [1.29, 1.82) is 0 Å². The molecule has 2 aromatic carbocycles. The maximum Gasteiger partial charge on any atom is 0.226 e. The van der Waals surface area contributed by atoms with Crippen LogP contribution in [0.3, 0.4) is 0 Å². The van der Waals surface area contributed by atoms with E-state index >= 15 is 0 Å². The van der Waals surface area contributed by atoms with Crippen molar-refractivity contribution in [2.75, 3.05) is 7.11 Å². The van der Waals surface area contributed by atoms with Crippen LogP contribution >= 0.6 is 0 Å². The van der Waals surface area contributed by atoms with Crippen LogP contribution < -0.4 is 9.47 Å². The molecule has 0 saturated heterocycles. The highest BCUT2D eigenvalue weighted by molar-refractivity contribution is 5.79. The van der Waals surface area contributed by atoms with Gasteiger partial charge in [0, 0.05) is 18.5 Å². The lowest BCUT2D eigenvalue weighted by Gasteiger charge is -2.33. The summed E-state index contributed by atoms with van der Waals surface area (Å²) in [6.45, 7) is 5.39. The zero-order chi connectivity index (χ0) is 21.3. The Morgan fingerprint density at radius 1 is 1.03 bits per heavy atom. The van der Waals surface area contributed by atoms with Gasteiger partial charge in [-0.1, -0.05) is 62.6 Å². The molecule has 0 N–H and O–H groups in total. The van der Waals surface area contributed by atoms with E-state index in [0.29, 0.717) is 30.6 Å². The summed E-state index contributed by atoms with van der Waals surface area (Å²) in [6, 6.07) is 16.3. The molecule has 1 fully saturated rings. The molecule has 0 aliphatic heterocycles. The second kappa shape index (κ2) is 11.1. The van der Waals surface area contributed by atoms with Crippen molar-refractivity contribution in [3.05, 3.63) is 59.7 Å². The van der Waals surface area contributed by atoms with Gasteiger partial charge in [-0.15, -0.1) is 0 Å². The molecule has 1 amide bonds. The van der Waals surface area contributed by atoms with Gasteiger partial charge in [0.05, 0.1) is 7.11 Å². The van der Waals surface area contributed by atoms with Gasteiger partial charge in [-0.2, -0.15) is 0 Å². The van der Waals surface area contributed by atoms with Crippen LogP contribution in [0.1, 0.15) is 63.5 Å². The van der Waals surface area contributed by atoms with Crippen LogP contribution in [0, 0.1) is 5.92 Å². The van der Waals surface area contributed by atoms with E-state index < -0.39 is 0 Å². The number of hydrogen-bond acceptors (Lipinski definition) is 3. The van der Waals surface area contributed by atoms with Gasteiger partial charge in [-0.25, -0.2) is 0 Å². The minimum atomic E-state index is 0.180. The quantitative estimate of drug-likeness (QED) is 0.511. The van der Waals surface area contributed by atoms with Crippen LogP contribution in [-0.4, -0.2) is 24.0 Å². The van der Waals surface area contributed by atoms with Gasteiger partial charge in [0.15, 0.2) is 11.5 Å². The van der Waals surface area contributed by atoms with E-state index in [1.807, 2.05) is 48.5 Å². The third-order valence-corrected chi connectivity index (χ3v) is 6.18. The van der Waals surface area contributed by atoms with Gasteiger partial charge in [-0.05, 0) is 49.4 Å². The number of ether oxygens (including phenoxy) is 2. The molecule has 0 aromatic heterocycles. The second-order valence-electron chi connectivity index (χ2n) is 8.32. The average Bonchev–Trinajstić information content (AvgIpc) is 2.81. The first-order valence-electron chi connectivity index (χ1n) is 11.3. The summed E-state index contributed by atoms with van der Waals surface area (Å²) < 4.78 is 11.6. The van der Waals surface area contributed by atoms with Crippen LogP contribution in [0.4, 0.5) is 0 Å². The van der Waals surface area contributed by atoms with Crippen LogP contribution in [0.5, 0.6) is 11.5 Å². The van der Waals surface area contributed by atoms with Gasteiger partial charge >= 0.3 is 0 Å². The maximum absolute atomic E-state index is 13.3. The molecule has 0 spiro atoms. The molecule has 1 saturated carbocycles. The molecular formula is C26H35NO3. The minimum Gasteiger partial charge on any atom is -0.493 e. The highest BCUT2D eigenvalue weighted by atomic mass is 16.5. The van der Waals surface area contributed by atoms with E-state index in [1.165, 1.54) is 19.3 Å². The fourth-order valence-corrected chi connectivity index (χ4v) is 4.12. The fraction of sp³-hybridized carbons (Fsp3) is 0.500. The van der Waals surface area contributed by atoms with Crippen LogP contribution in [0.25, 0.3) is 0 Å². The van der Waals surface area contributed by atoms with Gasteiger partial charge in [0.2, 0.25) is 5.91 Å². The Hall–Kier alpha value is -2.49. The van der Waals surface area contributed by atoms with E-state index in [1.54, 1.807) is 7.11 Å². The number of benzene rings is 2. The molecule has 30 heavy (non-hydrogen) atoms. The van der Waals surface area contributed by atoms with Crippen molar-refractivity contribution < 1.29 is 14.3 Å². The zero-order valence-electron chi connectivity index (χ0n) is 18.6. The Bertz CT molecular complexity index is 799. The molecule has 0 radical (unpaired) electrons. The number of carbonyl (C=O) groups is 1. The minimum absolute atomic E-state index is 0.180. The normalized spacial score (nSPS) is 15.4. The lowest BCUT2D eigenvalue weighted by molar-refractivity contribution is -0.139. The monoisotopic (exact) mass is 409 g/mol. The van der Waals surface area contributed by atoms with Crippen LogP contribution in [0.15, 0.2) is 48.5 Å². The van der Waals surface area contributed by atoms with Gasteiger partial charge in [-0.3, -0.25) is 4.79 Å². The summed E-state index contributed by atoms with van der Waals surface area (Å²) >= 11 is 0. The SMILES string of the molecule is CCC(C)N(Cc1ccc(OC)c(OCc2ccccc2)c1)C(=O)C1CCCCC1. The van der Waals surface area contributed by atoms with E-state index in [9.17, 15) is 4.79 Å². The predicted molar refractivity (Wildman–Crippen MR) is 121 cm³/mol. The lowest BCUT2D eigenvalue weighted by Crippen LogP contribution is -2.42. The number of rotatable bonds is 9. The Kier molecular flexibility index (Phi) is 8.18. The Morgan fingerprint density at radius 2 is 1.77 bits per heavy atom. The Labute approximate surface area is 181 Å². The van der Waals surface area contributed by atoms with Crippen molar-refractivity contribution in [2.24, 2.45) is 5.92 Å². The molecule has 0 bridgehead atoms. The van der Waals surface area contributed by atoms with E-state index in [4.69, 9.17) is 9.47 Å². The van der Waals surface area contributed by atoms with Crippen LogP contribution in [0.2, 0.25) is 0 Å². The Morgan fingerprint density at radius 3 is 2.43 bits per heavy atom. The number of methoxy groups -OCH3 is 1. The molecule has 3 rings (SSSR count). The Balaban J connectivity index is 1.75. The first-order chi connectivity index (χ1) is 14.6. The lowest BCUT2D eigenvalue weighted by atomic mass is 9.87. The molecular weight excluding hydrogens is 374 g/mol. The average molecular weight is 410 g/mol. The molecule has 1 aliphatic rings. The predicted octanol–water partition coefficient (Wildman–Crippen LogP) is 5.98. The largest absolute Gasteiger partial charge is 0.493 e. The molecule has 162 valence electrons. The zero-order valence-corrected chi connectivity index (χ0v) is 18.6. The highest BCUT2D eigenvalue weighted by Crippen LogP contribution is 2.31. The standard InChI is InChI=1S/C26H35NO3/c1-4-20(2)27(26(28)23-13-9-6-10-14-23)18-22-15-16-24(29-3)25(17-22)30-19-21-11-7-5-8-12-21/h5,7-8,11-12,15-17,20,23H,4,6,9-10,13-14,18-19H2,1-3H3. The van der Waals surface area contributed by atoms with Gasteiger partial charge in [0.25, 0.3) is 0 Å². The number of hydrogen-bond donors (Lipinski definition) is 0. The van der Waals surface area contributed by atoms with E-state index in [0.717, 1.165) is 30.4 Å². The van der Waals surface area contributed by atoms with E-state index in [2.05, 4.69) is 18.7 Å². The molecule has 4 heteroatoms. The van der Waals surface area contributed by atoms with Crippen molar-refractivity contribution in [1.82, 2.24) is 4.90 Å². The number of amides is 1. The van der Waals surface area contributed by atoms with Crippen molar-refractivity contribution in [3.8, 4) is 11.5 Å². The third kappa shape index (κ3) is 5.78. The van der Waals surface area contributed by atoms with Gasteiger partial charge in [0.1, 0.15) is 6.61 Å². The summed E-state index contributed by atoms with van der Waals surface area (Å²) in [6.07, 6.45) is 6.61. The summed E-state index contributed by atoms with van der Waals surface area (Å²) in [5.41, 5.74) is 2.18. The first-order valence-corrected chi connectivity index (χ1v) is 11.3. The van der Waals surface area contributed by atoms with Crippen LogP contribution in [-0.2, 0) is 17.9 Å². The molecule has 2 aromatic rings.